The Kier molecular flexibility index (Phi) is 6.55. The molecule has 1 N–H and O–H groups in total. The minimum absolute atomic E-state index is 0.240. The molecular weight excluding hydrogens is 370 g/mol. The lowest BCUT2D eigenvalue weighted by Crippen LogP contribution is -2.24. The fraction of sp³-hybridized carbons (Fsp3) is 0.375. The minimum atomic E-state index is 0.240. The molecule has 2 aromatic rings. The first kappa shape index (κ1) is 16.8. The van der Waals surface area contributed by atoms with Gasteiger partial charge in [0.25, 0.3) is 0 Å². The van der Waals surface area contributed by atoms with Crippen LogP contribution >= 0.6 is 38.9 Å². The van der Waals surface area contributed by atoms with Crippen molar-refractivity contribution < 1.29 is 4.74 Å². The predicted molar refractivity (Wildman–Crippen MR) is 94.8 cm³/mol. The molecule has 1 aromatic carbocycles. The molecule has 0 saturated heterocycles. The van der Waals surface area contributed by atoms with Crippen LogP contribution in [0.5, 0.6) is 5.75 Å². The number of ether oxygens (including phenoxy) is 1. The summed E-state index contributed by atoms with van der Waals surface area (Å²) in [5.41, 5.74) is 1.22. The molecule has 1 atom stereocenters. The van der Waals surface area contributed by atoms with Crippen LogP contribution in [0, 0.1) is 0 Å². The van der Waals surface area contributed by atoms with Gasteiger partial charge in [0.15, 0.2) is 0 Å². The summed E-state index contributed by atoms with van der Waals surface area (Å²) in [7, 11) is 1.69. The molecule has 2 nitrogen and oxygen atoms in total. The van der Waals surface area contributed by atoms with Gasteiger partial charge in [0.1, 0.15) is 5.75 Å². The molecule has 1 heterocycles. The van der Waals surface area contributed by atoms with Crippen LogP contribution in [0.4, 0.5) is 0 Å². The predicted octanol–water partition coefficient (Wildman–Crippen LogP) is 5.46. The SMILES string of the molecule is CCCNC(Cc1ccc(Cl)s1)c1cc(OC)ccc1Br. The molecule has 0 aliphatic heterocycles. The molecule has 2 rings (SSSR count). The average molecular weight is 389 g/mol. The number of benzene rings is 1. The molecule has 0 saturated carbocycles. The molecule has 0 bridgehead atoms. The lowest BCUT2D eigenvalue weighted by atomic mass is 10.0. The maximum absolute atomic E-state index is 6.04. The number of hydrogen-bond acceptors (Lipinski definition) is 3. The second-order valence-electron chi connectivity index (χ2n) is 4.80. The maximum atomic E-state index is 6.04. The lowest BCUT2D eigenvalue weighted by Gasteiger charge is -2.20. The highest BCUT2D eigenvalue weighted by Gasteiger charge is 2.16. The Morgan fingerprint density at radius 3 is 2.76 bits per heavy atom. The molecule has 1 aromatic heterocycles. The summed E-state index contributed by atoms with van der Waals surface area (Å²) in [6.07, 6.45) is 2.02. The van der Waals surface area contributed by atoms with E-state index in [1.807, 2.05) is 18.2 Å². The normalized spacial score (nSPS) is 12.4. The van der Waals surface area contributed by atoms with Gasteiger partial charge in [-0.25, -0.2) is 0 Å². The zero-order valence-corrected chi connectivity index (χ0v) is 15.3. The zero-order chi connectivity index (χ0) is 15.2. The van der Waals surface area contributed by atoms with E-state index < -0.39 is 0 Å². The number of thiophene rings is 1. The van der Waals surface area contributed by atoms with E-state index in [0.29, 0.717) is 0 Å². The first-order chi connectivity index (χ1) is 10.1. The third-order valence-electron chi connectivity index (χ3n) is 3.25. The average Bonchev–Trinajstić information content (AvgIpc) is 2.89. The Balaban J connectivity index is 2.26. The monoisotopic (exact) mass is 387 g/mol. The molecule has 114 valence electrons. The van der Waals surface area contributed by atoms with Gasteiger partial charge in [-0.1, -0.05) is 34.5 Å². The quantitative estimate of drug-likeness (QED) is 0.680. The Bertz CT molecular complexity index is 587. The smallest absolute Gasteiger partial charge is 0.119 e. The largest absolute Gasteiger partial charge is 0.497 e. The van der Waals surface area contributed by atoms with Gasteiger partial charge in [0.2, 0.25) is 0 Å². The minimum Gasteiger partial charge on any atom is -0.497 e. The zero-order valence-electron chi connectivity index (χ0n) is 12.2. The Labute approximate surface area is 143 Å². The summed E-state index contributed by atoms with van der Waals surface area (Å²) >= 11 is 11.3. The van der Waals surface area contributed by atoms with Gasteiger partial charge in [-0.05, 0) is 48.9 Å². The van der Waals surface area contributed by atoms with Crippen LogP contribution in [-0.2, 0) is 6.42 Å². The van der Waals surface area contributed by atoms with Gasteiger partial charge >= 0.3 is 0 Å². The van der Waals surface area contributed by atoms with Crippen molar-refractivity contribution in [2.24, 2.45) is 0 Å². The van der Waals surface area contributed by atoms with Gasteiger partial charge in [-0.3, -0.25) is 0 Å². The highest BCUT2D eigenvalue weighted by atomic mass is 79.9. The number of halogens is 2. The molecule has 0 amide bonds. The lowest BCUT2D eigenvalue weighted by molar-refractivity contribution is 0.412. The topological polar surface area (TPSA) is 21.3 Å². The molecule has 5 heteroatoms. The van der Waals surface area contributed by atoms with E-state index >= 15 is 0 Å². The van der Waals surface area contributed by atoms with Crippen LogP contribution in [0.1, 0.15) is 29.8 Å². The van der Waals surface area contributed by atoms with E-state index in [2.05, 4.69) is 40.3 Å². The fourth-order valence-corrected chi connectivity index (χ4v) is 3.85. The van der Waals surface area contributed by atoms with E-state index in [-0.39, 0.29) is 6.04 Å². The van der Waals surface area contributed by atoms with Crippen LogP contribution in [-0.4, -0.2) is 13.7 Å². The van der Waals surface area contributed by atoms with Gasteiger partial charge < -0.3 is 10.1 Å². The van der Waals surface area contributed by atoms with Crippen LogP contribution in [0.25, 0.3) is 0 Å². The molecule has 0 aliphatic rings. The summed E-state index contributed by atoms with van der Waals surface area (Å²) in [5, 5.41) is 3.61. The van der Waals surface area contributed by atoms with E-state index in [1.165, 1.54) is 10.4 Å². The van der Waals surface area contributed by atoms with E-state index in [9.17, 15) is 0 Å². The van der Waals surface area contributed by atoms with E-state index in [4.69, 9.17) is 16.3 Å². The third kappa shape index (κ3) is 4.71. The number of hydrogen-bond donors (Lipinski definition) is 1. The summed E-state index contributed by atoms with van der Waals surface area (Å²) in [5.74, 6) is 0.876. The molecule has 0 aliphatic carbocycles. The van der Waals surface area contributed by atoms with Gasteiger partial charge in [0.05, 0.1) is 11.4 Å². The van der Waals surface area contributed by atoms with Crippen molar-refractivity contribution in [2.45, 2.75) is 25.8 Å². The van der Waals surface area contributed by atoms with Crippen LogP contribution < -0.4 is 10.1 Å². The standard InChI is InChI=1S/C16H19BrClNOS/c1-3-8-19-15(10-12-5-7-16(18)21-12)13-9-11(20-2)4-6-14(13)17/h4-7,9,15,19H,3,8,10H2,1-2H3. The van der Waals surface area contributed by atoms with Crippen molar-refractivity contribution in [1.82, 2.24) is 5.32 Å². The highest BCUT2D eigenvalue weighted by Crippen LogP contribution is 2.32. The van der Waals surface area contributed by atoms with Gasteiger partial charge in [-0.15, -0.1) is 11.3 Å². The van der Waals surface area contributed by atoms with Crippen LogP contribution in [0.3, 0.4) is 0 Å². The maximum Gasteiger partial charge on any atom is 0.119 e. The summed E-state index contributed by atoms with van der Waals surface area (Å²) in [4.78, 5) is 1.28. The fourth-order valence-electron chi connectivity index (χ4n) is 2.19. The molecule has 0 fully saturated rings. The van der Waals surface area contributed by atoms with Crippen molar-refractivity contribution in [2.75, 3.05) is 13.7 Å². The molecule has 0 radical (unpaired) electrons. The van der Waals surface area contributed by atoms with Crippen molar-refractivity contribution in [1.29, 1.82) is 0 Å². The number of rotatable bonds is 7. The number of methoxy groups -OCH3 is 1. The summed E-state index contributed by atoms with van der Waals surface area (Å²) < 4.78 is 7.29. The third-order valence-corrected chi connectivity index (χ3v) is 5.23. The molecule has 21 heavy (non-hydrogen) atoms. The van der Waals surface area contributed by atoms with Crippen molar-refractivity contribution in [3.63, 3.8) is 0 Å². The molecule has 0 spiro atoms. The van der Waals surface area contributed by atoms with Gasteiger partial charge in [0, 0.05) is 21.8 Å². The van der Waals surface area contributed by atoms with E-state index in [0.717, 1.165) is 33.9 Å². The Morgan fingerprint density at radius 2 is 2.14 bits per heavy atom. The second kappa shape index (κ2) is 8.18. The number of nitrogens with one attached hydrogen (secondary N) is 1. The summed E-state index contributed by atoms with van der Waals surface area (Å²) in [6, 6.07) is 10.4. The van der Waals surface area contributed by atoms with Crippen LogP contribution in [0.2, 0.25) is 4.34 Å². The van der Waals surface area contributed by atoms with E-state index in [1.54, 1.807) is 18.4 Å². The Hall–Kier alpha value is -0.550. The van der Waals surface area contributed by atoms with Crippen molar-refractivity contribution in [3.05, 3.63) is 49.6 Å². The molecule has 1 unspecified atom stereocenters. The van der Waals surface area contributed by atoms with Gasteiger partial charge in [-0.2, -0.15) is 0 Å². The Morgan fingerprint density at radius 1 is 1.33 bits per heavy atom. The highest BCUT2D eigenvalue weighted by molar-refractivity contribution is 9.10. The summed E-state index contributed by atoms with van der Waals surface area (Å²) in [6.45, 7) is 3.15. The molecular formula is C16H19BrClNOS. The second-order valence-corrected chi connectivity index (χ2v) is 7.46. The first-order valence-corrected chi connectivity index (χ1v) is 8.93. The first-order valence-electron chi connectivity index (χ1n) is 6.95. The van der Waals surface area contributed by atoms with Crippen molar-refractivity contribution in [3.8, 4) is 5.75 Å². The van der Waals surface area contributed by atoms with Crippen LogP contribution in [0.15, 0.2) is 34.8 Å². The van der Waals surface area contributed by atoms with Crippen molar-refractivity contribution >= 4 is 38.9 Å².